The number of esters is 1. The fraction of sp³-hybridized carbons (Fsp3) is 0.273. The molecule has 0 fully saturated rings. The number of amides is 1. The number of rotatable bonds is 8. The van der Waals surface area contributed by atoms with Crippen LogP contribution in [0.4, 0.5) is 0 Å². The summed E-state index contributed by atoms with van der Waals surface area (Å²) in [4.78, 5) is 27.8. The van der Waals surface area contributed by atoms with Crippen LogP contribution in [-0.4, -0.2) is 43.7 Å². The summed E-state index contributed by atoms with van der Waals surface area (Å²) in [6.07, 6.45) is 2.14. The maximum atomic E-state index is 12.4. The maximum Gasteiger partial charge on any atom is 0.328 e. The topological polar surface area (TPSA) is 89.7 Å². The highest BCUT2D eigenvalue weighted by molar-refractivity contribution is 5.87. The van der Waals surface area contributed by atoms with E-state index in [1.54, 1.807) is 6.07 Å². The smallest absolute Gasteiger partial charge is 0.328 e. The van der Waals surface area contributed by atoms with Gasteiger partial charge in [0.1, 0.15) is 6.04 Å². The Morgan fingerprint density at radius 3 is 2.66 bits per heavy atom. The summed E-state index contributed by atoms with van der Waals surface area (Å²) >= 11 is 0. The molecule has 1 atom stereocenters. The van der Waals surface area contributed by atoms with Crippen molar-refractivity contribution in [1.82, 2.24) is 10.3 Å². The molecule has 0 aliphatic rings. The summed E-state index contributed by atoms with van der Waals surface area (Å²) < 4.78 is 15.7. The van der Waals surface area contributed by atoms with E-state index in [1.807, 2.05) is 49.5 Å². The summed E-state index contributed by atoms with van der Waals surface area (Å²) in [6, 6.07) is 12.4. The van der Waals surface area contributed by atoms with Gasteiger partial charge in [0.2, 0.25) is 0 Å². The molecule has 0 spiro atoms. The van der Waals surface area contributed by atoms with Crippen molar-refractivity contribution in [2.75, 3.05) is 20.8 Å². The Kier molecular flexibility index (Phi) is 6.39. The van der Waals surface area contributed by atoms with Gasteiger partial charge in [0.15, 0.2) is 18.1 Å². The fourth-order valence-electron chi connectivity index (χ4n) is 3.13. The quantitative estimate of drug-likeness (QED) is 0.572. The standard InChI is InChI=1S/C22H24N2O5/c1-14-8-9-19(20(10-14)27-2)29-13-21(25)24-18(22(26)28-3)11-15-12-23-17-7-5-4-6-16(15)17/h4-10,12,18,23H,11,13H2,1-3H3,(H,24,25)/t18-/m1/s1. The monoisotopic (exact) mass is 396 g/mol. The molecular formula is C22H24N2O5. The van der Waals surface area contributed by atoms with Gasteiger partial charge in [0.05, 0.1) is 14.2 Å². The van der Waals surface area contributed by atoms with Gasteiger partial charge in [-0.25, -0.2) is 4.79 Å². The Labute approximate surface area is 169 Å². The average molecular weight is 396 g/mol. The molecule has 3 aromatic rings. The van der Waals surface area contributed by atoms with E-state index in [2.05, 4.69) is 10.3 Å². The van der Waals surface area contributed by atoms with Crippen LogP contribution in [0.2, 0.25) is 0 Å². The van der Waals surface area contributed by atoms with Crippen LogP contribution in [-0.2, 0) is 20.7 Å². The zero-order valence-electron chi connectivity index (χ0n) is 16.7. The number of H-pyrrole nitrogens is 1. The van der Waals surface area contributed by atoms with Gasteiger partial charge in [-0.2, -0.15) is 0 Å². The van der Waals surface area contributed by atoms with Gasteiger partial charge in [0, 0.05) is 23.5 Å². The summed E-state index contributed by atoms with van der Waals surface area (Å²) in [5.41, 5.74) is 2.90. The fourth-order valence-corrected chi connectivity index (χ4v) is 3.13. The minimum absolute atomic E-state index is 0.249. The number of carbonyl (C=O) groups is 2. The number of para-hydroxylation sites is 1. The number of benzene rings is 2. The van der Waals surface area contributed by atoms with Crippen molar-refractivity contribution < 1.29 is 23.8 Å². The van der Waals surface area contributed by atoms with Crippen molar-refractivity contribution in [3.05, 3.63) is 59.8 Å². The lowest BCUT2D eigenvalue weighted by atomic mass is 10.0. The van der Waals surface area contributed by atoms with Crippen molar-refractivity contribution in [2.45, 2.75) is 19.4 Å². The molecule has 152 valence electrons. The Balaban J connectivity index is 1.67. The van der Waals surface area contributed by atoms with Crippen LogP contribution in [0.3, 0.4) is 0 Å². The Morgan fingerprint density at radius 2 is 1.90 bits per heavy atom. The molecule has 1 amide bonds. The molecule has 0 radical (unpaired) electrons. The molecule has 7 heteroatoms. The number of fused-ring (bicyclic) bond motifs is 1. The van der Waals surface area contributed by atoms with E-state index in [4.69, 9.17) is 14.2 Å². The molecule has 2 aromatic carbocycles. The Hall–Kier alpha value is -3.48. The number of methoxy groups -OCH3 is 2. The second-order valence-corrected chi connectivity index (χ2v) is 6.65. The van der Waals surface area contributed by atoms with Crippen LogP contribution in [0.1, 0.15) is 11.1 Å². The minimum atomic E-state index is -0.824. The van der Waals surface area contributed by atoms with E-state index in [-0.39, 0.29) is 6.61 Å². The first kappa shape index (κ1) is 20.3. The average Bonchev–Trinajstić information content (AvgIpc) is 3.14. The number of nitrogens with one attached hydrogen (secondary N) is 2. The van der Waals surface area contributed by atoms with E-state index in [9.17, 15) is 9.59 Å². The molecule has 0 saturated heterocycles. The van der Waals surface area contributed by atoms with Crippen LogP contribution in [0.25, 0.3) is 10.9 Å². The first-order valence-electron chi connectivity index (χ1n) is 9.21. The van der Waals surface area contributed by atoms with Crippen molar-refractivity contribution in [2.24, 2.45) is 0 Å². The summed E-state index contributed by atoms with van der Waals surface area (Å²) in [5.74, 6) is 0.0556. The third-order valence-corrected chi connectivity index (χ3v) is 4.60. The largest absolute Gasteiger partial charge is 0.493 e. The molecule has 2 N–H and O–H groups in total. The number of hydrogen-bond acceptors (Lipinski definition) is 5. The van der Waals surface area contributed by atoms with Crippen molar-refractivity contribution in [3.63, 3.8) is 0 Å². The molecular weight excluding hydrogens is 372 g/mol. The Bertz CT molecular complexity index is 1010. The van der Waals surface area contributed by atoms with E-state index in [1.165, 1.54) is 14.2 Å². The van der Waals surface area contributed by atoms with Crippen LogP contribution in [0.15, 0.2) is 48.7 Å². The summed E-state index contributed by atoms with van der Waals surface area (Å²) in [7, 11) is 2.83. The lowest BCUT2D eigenvalue weighted by Crippen LogP contribution is -2.44. The van der Waals surface area contributed by atoms with E-state index in [0.717, 1.165) is 22.0 Å². The molecule has 1 heterocycles. The molecule has 1 aromatic heterocycles. The summed E-state index contributed by atoms with van der Waals surface area (Å²) in [6.45, 7) is 1.69. The summed E-state index contributed by atoms with van der Waals surface area (Å²) in [5, 5.41) is 3.69. The van der Waals surface area contributed by atoms with Gasteiger partial charge in [-0.1, -0.05) is 24.3 Å². The second-order valence-electron chi connectivity index (χ2n) is 6.65. The van der Waals surface area contributed by atoms with Crippen LogP contribution in [0, 0.1) is 6.92 Å². The number of ether oxygens (including phenoxy) is 3. The van der Waals surface area contributed by atoms with Gasteiger partial charge in [-0.05, 0) is 36.2 Å². The minimum Gasteiger partial charge on any atom is -0.493 e. The molecule has 0 unspecified atom stereocenters. The lowest BCUT2D eigenvalue weighted by Gasteiger charge is -2.17. The maximum absolute atomic E-state index is 12.4. The van der Waals surface area contributed by atoms with Crippen LogP contribution in [0.5, 0.6) is 11.5 Å². The van der Waals surface area contributed by atoms with Gasteiger partial charge >= 0.3 is 5.97 Å². The third-order valence-electron chi connectivity index (χ3n) is 4.60. The normalized spacial score (nSPS) is 11.7. The van der Waals surface area contributed by atoms with Crippen molar-refractivity contribution in [1.29, 1.82) is 0 Å². The molecule has 0 aliphatic heterocycles. The molecule has 3 rings (SSSR count). The Morgan fingerprint density at radius 1 is 1.10 bits per heavy atom. The van der Waals surface area contributed by atoms with Crippen molar-refractivity contribution >= 4 is 22.8 Å². The first-order chi connectivity index (χ1) is 14.0. The first-order valence-corrected chi connectivity index (χ1v) is 9.21. The third kappa shape index (κ3) is 4.87. The molecule has 29 heavy (non-hydrogen) atoms. The zero-order valence-corrected chi connectivity index (χ0v) is 16.7. The number of aromatic nitrogens is 1. The van der Waals surface area contributed by atoms with Gasteiger partial charge in [-0.3, -0.25) is 4.79 Å². The van der Waals surface area contributed by atoms with E-state index >= 15 is 0 Å². The predicted molar refractivity (Wildman–Crippen MR) is 109 cm³/mol. The van der Waals surface area contributed by atoms with Gasteiger partial charge < -0.3 is 24.5 Å². The van der Waals surface area contributed by atoms with Crippen LogP contribution >= 0.6 is 0 Å². The van der Waals surface area contributed by atoms with Crippen molar-refractivity contribution in [3.8, 4) is 11.5 Å². The van der Waals surface area contributed by atoms with E-state index in [0.29, 0.717) is 17.9 Å². The van der Waals surface area contributed by atoms with Gasteiger partial charge in [-0.15, -0.1) is 0 Å². The molecule has 0 bridgehead atoms. The number of aromatic amines is 1. The zero-order chi connectivity index (χ0) is 20.8. The predicted octanol–water partition coefficient (Wildman–Crippen LogP) is 2.76. The highest BCUT2D eigenvalue weighted by Gasteiger charge is 2.23. The SMILES string of the molecule is COC(=O)[C@@H](Cc1c[nH]c2ccccc12)NC(=O)COc1ccc(C)cc1OC. The molecule has 7 nitrogen and oxygen atoms in total. The molecule has 0 saturated carbocycles. The van der Waals surface area contributed by atoms with Crippen LogP contribution < -0.4 is 14.8 Å². The lowest BCUT2D eigenvalue weighted by molar-refractivity contribution is -0.145. The molecule has 0 aliphatic carbocycles. The second kappa shape index (κ2) is 9.14. The number of hydrogen-bond donors (Lipinski definition) is 2. The number of aryl methyl sites for hydroxylation is 1. The highest BCUT2D eigenvalue weighted by Crippen LogP contribution is 2.27. The van der Waals surface area contributed by atoms with Gasteiger partial charge in [0.25, 0.3) is 5.91 Å². The van der Waals surface area contributed by atoms with E-state index < -0.39 is 17.9 Å². The number of carbonyl (C=O) groups excluding carboxylic acids is 2. The highest BCUT2D eigenvalue weighted by atomic mass is 16.5.